The number of hydrogen-bond donors (Lipinski definition) is 0. The molecule has 0 radical (unpaired) electrons. The van der Waals surface area contributed by atoms with Gasteiger partial charge in [0.05, 0.1) is 6.04 Å². The summed E-state index contributed by atoms with van der Waals surface area (Å²) >= 11 is 0. The molecule has 22 heavy (non-hydrogen) atoms. The molecule has 1 fully saturated rings. The van der Waals surface area contributed by atoms with E-state index < -0.39 is 0 Å². The molecule has 8 nitrogen and oxygen atoms in total. The van der Waals surface area contributed by atoms with Crippen molar-refractivity contribution in [3.05, 3.63) is 30.5 Å². The third-order valence-corrected chi connectivity index (χ3v) is 3.82. The van der Waals surface area contributed by atoms with Gasteiger partial charge in [0, 0.05) is 27.2 Å². The van der Waals surface area contributed by atoms with E-state index in [1.54, 1.807) is 18.5 Å². The molecule has 8 heteroatoms. The Morgan fingerprint density at radius 3 is 2.82 bits per heavy atom. The molecule has 1 saturated heterocycles. The minimum absolute atomic E-state index is 0.0809. The van der Waals surface area contributed by atoms with Gasteiger partial charge < -0.3 is 9.80 Å². The van der Waals surface area contributed by atoms with Crippen molar-refractivity contribution in [2.75, 3.05) is 32.1 Å². The minimum atomic E-state index is -0.0809. The number of likely N-dealkylation sites (tertiary alicyclic amines) is 1. The van der Waals surface area contributed by atoms with Gasteiger partial charge >= 0.3 is 0 Å². The van der Waals surface area contributed by atoms with Crippen LogP contribution in [0.3, 0.4) is 0 Å². The lowest BCUT2D eigenvalue weighted by Crippen LogP contribution is -2.41. The molecule has 0 N–H and O–H groups in total. The van der Waals surface area contributed by atoms with Crippen LogP contribution in [0.5, 0.6) is 0 Å². The molecule has 0 spiro atoms. The Hall–Kier alpha value is -2.51. The van der Waals surface area contributed by atoms with E-state index in [0.29, 0.717) is 12.2 Å². The van der Waals surface area contributed by atoms with Gasteiger partial charge in [-0.1, -0.05) is 0 Å². The molecule has 0 aliphatic carbocycles. The molecular formula is C14H19N7O. The number of aromatic nitrogens is 5. The Bertz CT molecular complexity index is 623. The van der Waals surface area contributed by atoms with Gasteiger partial charge in [0.2, 0.25) is 0 Å². The highest BCUT2D eigenvalue weighted by Gasteiger charge is 2.26. The number of piperidine rings is 1. The molecule has 0 aromatic carbocycles. The summed E-state index contributed by atoms with van der Waals surface area (Å²) in [7, 11) is 3.78. The molecule has 1 unspecified atom stereocenters. The molecule has 3 heterocycles. The second-order valence-electron chi connectivity index (χ2n) is 5.59. The normalized spacial score (nSPS) is 18.3. The van der Waals surface area contributed by atoms with E-state index in [1.807, 2.05) is 28.6 Å². The topological polar surface area (TPSA) is 80.0 Å². The monoisotopic (exact) mass is 301 g/mol. The van der Waals surface area contributed by atoms with E-state index >= 15 is 0 Å². The van der Waals surface area contributed by atoms with Crippen LogP contribution in [0.4, 0.5) is 5.82 Å². The van der Waals surface area contributed by atoms with Crippen molar-refractivity contribution >= 4 is 11.7 Å². The minimum Gasteiger partial charge on any atom is -0.361 e. The summed E-state index contributed by atoms with van der Waals surface area (Å²) in [4.78, 5) is 20.2. The van der Waals surface area contributed by atoms with Gasteiger partial charge in [0.15, 0.2) is 11.5 Å². The fraction of sp³-hybridized carbons (Fsp3) is 0.500. The van der Waals surface area contributed by atoms with E-state index in [1.165, 1.54) is 6.33 Å². The Labute approximate surface area is 128 Å². The average molecular weight is 301 g/mol. The maximum Gasteiger partial charge on any atom is 0.274 e. The fourth-order valence-electron chi connectivity index (χ4n) is 2.60. The molecule has 0 saturated carbocycles. The van der Waals surface area contributed by atoms with E-state index in [9.17, 15) is 4.79 Å². The molecule has 3 rings (SSSR count). The van der Waals surface area contributed by atoms with E-state index in [4.69, 9.17) is 0 Å². The number of carbonyl (C=O) groups excluding carboxylic acids is 1. The highest BCUT2D eigenvalue weighted by atomic mass is 16.2. The number of rotatable bonds is 3. The smallest absolute Gasteiger partial charge is 0.274 e. The Morgan fingerprint density at radius 2 is 2.18 bits per heavy atom. The first-order valence-electron chi connectivity index (χ1n) is 7.29. The maximum atomic E-state index is 12.6. The van der Waals surface area contributed by atoms with Crippen LogP contribution in [-0.4, -0.2) is 63.0 Å². The molecule has 2 aromatic rings. The van der Waals surface area contributed by atoms with Crippen molar-refractivity contribution in [1.29, 1.82) is 0 Å². The van der Waals surface area contributed by atoms with Crippen LogP contribution in [0.1, 0.15) is 29.4 Å². The first-order valence-corrected chi connectivity index (χ1v) is 7.29. The van der Waals surface area contributed by atoms with E-state index in [0.717, 1.165) is 25.2 Å². The maximum absolute atomic E-state index is 12.6. The van der Waals surface area contributed by atoms with Crippen molar-refractivity contribution < 1.29 is 4.79 Å². The van der Waals surface area contributed by atoms with Gasteiger partial charge in [0.25, 0.3) is 5.91 Å². The van der Waals surface area contributed by atoms with Crippen LogP contribution in [0, 0.1) is 0 Å². The van der Waals surface area contributed by atoms with Crippen molar-refractivity contribution in [1.82, 2.24) is 29.9 Å². The molecular weight excluding hydrogens is 282 g/mol. The third-order valence-electron chi connectivity index (χ3n) is 3.82. The highest BCUT2D eigenvalue weighted by molar-refractivity contribution is 5.92. The van der Waals surface area contributed by atoms with Crippen LogP contribution < -0.4 is 4.90 Å². The number of anilines is 1. The molecule has 1 amide bonds. The second kappa shape index (κ2) is 6.08. The number of hydrogen-bond acceptors (Lipinski definition) is 6. The largest absolute Gasteiger partial charge is 0.361 e. The Morgan fingerprint density at radius 1 is 1.32 bits per heavy atom. The van der Waals surface area contributed by atoms with E-state index in [-0.39, 0.29) is 11.9 Å². The fourth-order valence-corrected chi connectivity index (χ4v) is 2.60. The first kappa shape index (κ1) is 14.4. The number of amides is 1. The molecule has 2 aromatic heterocycles. The lowest BCUT2D eigenvalue weighted by atomic mass is 10.1. The number of nitrogens with zero attached hydrogens (tertiary/aromatic N) is 7. The van der Waals surface area contributed by atoms with Crippen LogP contribution in [-0.2, 0) is 0 Å². The molecule has 116 valence electrons. The third kappa shape index (κ3) is 2.90. The van der Waals surface area contributed by atoms with Gasteiger partial charge in [-0.05, 0) is 25.0 Å². The van der Waals surface area contributed by atoms with Crippen LogP contribution in [0.15, 0.2) is 24.8 Å². The Balaban J connectivity index is 1.71. The molecule has 1 atom stereocenters. The molecule has 0 bridgehead atoms. The summed E-state index contributed by atoms with van der Waals surface area (Å²) in [5.74, 6) is 0.651. The Kier molecular flexibility index (Phi) is 3.99. The molecule has 1 aliphatic rings. The predicted octanol–water partition coefficient (Wildman–Crippen LogP) is 0.611. The summed E-state index contributed by atoms with van der Waals surface area (Å²) < 4.78 is 1.82. The summed E-state index contributed by atoms with van der Waals surface area (Å²) in [6.45, 7) is 1.36. The summed E-state index contributed by atoms with van der Waals surface area (Å²) in [6.07, 6.45) is 5.16. The van der Waals surface area contributed by atoms with E-state index in [2.05, 4.69) is 20.3 Å². The van der Waals surface area contributed by atoms with Crippen LogP contribution in [0.2, 0.25) is 0 Å². The second-order valence-corrected chi connectivity index (χ2v) is 5.59. The average Bonchev–Trinajstić information content (AvgIpc) is 3.09. The molecule has 1 aliphatic heterocycles. The van der Waals surface area contributed by atoms with Gasteiger partial charge in [-0.3, -0.25) is 4.79 Å². The van der Waals surface area contributed by atoms with Crippen LogP contribution in [0.25, 0.3) is 0 Å². The van der Waals surface area contributed by atoms with Gasteiger partial charge in [0.1, 0.15) is 12.7 Å². The lowest BCUT2D eigenvalue weighted by Gasteiger charge is -2.32. The summed E-state index contributed by atoms with van der Waals surface area (Å²) in [5.41, 5.74) is 0.379. The van der Waals surface area contributed by atoms with Gasteiger partial charge in [-0.2, -0.15) is 5.10 Å². The first-order chi connectivity index (χ1) is 10.6. The quantitative estimate of drug-likeness (QED) is 0.826. The highest BCUT2D eigenvalue weighted by Crippen LogP contribution is 2.21. The van der Waals surface area contributed by atoms with Crippen molar-refractivity contribution in [3.63, 3.8) is 0 Å². The zero-order valence-corrected chi connectivity index (χ0v) is 12.8. The van der Waals surface area contributed by atoms with Gasteiger partial charge in [-0.15, -0.1) is 10.2 Å². The van der Waals surface area contributed by atoms with Gasteiger partial charge in [-0.25, -0.2) is 9.67 Å². The number of carbonyl (C=O) groups is 1. The van der Waals surface area contributed by atoms with Crippen molar-refractivity contribution in [2.45, 2.75) is 18.9 Å². The zero-order chi connectivity index (χ0) is 15.5. The predicted molar refractivity (Wildman–Crippen MR) is 80.6 cm³/mol. The standard InChI is InChI=1S/C14H19N7O/c1-19(2)13-6-5-12(17-18-13)14(22)20-7-3-4-11(8-20)21-10-15-9-16-21/h5-6,9-11H,3-4,7-8H2,1-2H3. The van der Waals surface area contributed by atoms with Crippen LogP contribution >= 0.6 is 0 Å². The SMILES string of the molecule is CN(C)c1ccc(C(=O)N2CCCC(n3cncn3)C2)nn1. The summed E-state index contributed by atoms with van der Waals surface area (Å²) in [5, 5.41) is 12.3. The van der Waals surface area contributed by atoms with Crippen molar-refractivity contribution in [3.8, 4) is 0 Å². The summed E-state index contributed by atoms with van der Waals surface area (Å²) in [6, 6.07) is 3.71. The zero-order valence-electron chi connectivity index (χ0n) is 12.8. The van der Waals surface area contributed by atoms with Crippen molar-refractivity contribution in [2.24, 2.45) is 0 Å². The lowest BCUT2D eigenvalue weighted by molar-refractivity contribution is 0.0665.